The van der Waals surface area contributed by atoms with Gasteiger partial charge < -0.3 is 15.4 Å². The third-order valence-corrected chi connectivity index (χ3v) is 2.70. The maximum atomic E-state index is 13.1. The van der Waals surface area contributed by atoms with Gasteiger partial charge in [-0.25, -0.2) is 8.78 Å². The summed E-state index contributed by atoms with van der Waals surface area (Å²) < 4.78 is 30.8. The molecule has 2 rings (SSSR count). The minimum atomic E-state index is -1.09. The molecule has 22 heavy (non-hydrogen) atoms. The molecule has 0 aliphatic heterocycles. The standard InChI is InChI=1S/C14H14F2N4O2/c1-22-7-6-17-12-4-5-13(20-19-12)18-14(21)9-2-3-10(15)11(16)8-9/h2-5,8H,6-7H2,1H3,(H,17,19)(H,18,20,21). The summed E-state index contributed by atoms with van der Waals surface area (Å²) in [5.41, 5.74) is -0.0111. The van der Waals surface area contributed by atoms with E-state index in [9.17, 15) is 13.6 Å². The van der Waals surface area contributed by atoms with Crippen molar-refractivity contribution in [2.24, 2.45) is 0 Å². The Morgan fingerprint density at radius 2 is 1.86 bits per heavy atom. The van der Waals surface area contributed by atoms with Crippen LogP contribution in [0.15, 0.2) is 30.3 Å². The van der Waals surface area contributed by atoms with Gasteiger partial charge in [-0.2, -0.15) is 0 Å². The van der Waals surface area contributed by atoms with Crippen LogP contribution in [-0.4, -0.2) is 36.4 Å². The van der Waals surface area contributed by atoms with E-state index in [-0.39, 0.29) is 11.4 Å². The Morgan fingerprint density at radius 1 is 1.14 bits per heavy atom. The van der Waals surface area contributed by atoms with Gasteiger partial charge in [-0.1, -0.05) is 0 Å². The van der Waals surface area contributed by atoms with Crippen LogP contribution in [0.3, 0.4) is 0 Å². The SMILES string of the molecule is COCCNc1ccc(NC(=O)c2ccc(F)c(F)c2)nn1. The molecule has 1 heterocycles. The lowest BCUT2D eigenvalue weighted by Crippen LogP contribution is -2.14. The van der Waals surface area contributed by atoms with E-state index < -0.39 is 17.5 Å². The van der Waals surface area contributed by atoms with Gasteiger partial charge in [0.15, 0.2) is 17.5 Å². The highest BCUT2D eigenvalue weighted by atomic mass is 19.2. The summed E-state index contributed by atoms with van der Waals surface area (Å²) in [6.45, 7) is 1.10. The van der Waals surface area contributed by atoms with E-state index in [2.05, 4.69) is 20.8 Å². The molecule has 0 aliphatic carbocycles. The largest absolute Gasteiger partial charge is 0.383 e. The fourth-order valence-corrected chi connectivity index (χ4v) is 1.60. The number of anilines is 2. The van der Waals surface area contributed by atoms with Crippen molar-refractivity contribution in [3.8, 4) is 0 Å². The van der Waals surface area contributed by atoms with Crippen LogP contribution in [0, 0.1) is 11.6 Å². The molecule has 0 aliphatic rings. The first-order valence-electron chi connectivity index (χ1n) is 6.43. The molecule has 0 unspecified atom stereocenters. The lowest BCUT2D eigenvalue weighted by atomic mass is 10.2. The molecule has 6 nitrogen and oxygen atoms in total. The van der Waals surface area contributed by atoms with Crippen LogP contribution in [0.4, 0.5) is 20.4 Å². The number of methoxy groups -OCH3 is 1. The number of rotatable bonds is 6. The molecule has 116 valence electrons. The van der Waals surface area contributed by atoms with E-state index in [0.29, 0.717) is 19.0 Å². The normalized spacial score (nSPS) is 10.3. The topological polar surface area (TPSA) is 76.1 Å². The molecule has 0 fully saturated rings. The Labute approximate surface area is 125 Å². The quantitative estimate of drug-likeness (QED) is 0.799. The van der Waals surface area contributed by atoms with Crippen LogP contribution in [0.25, 0.3) is 0 Å². The van der Waals surface area contributed by atoms with Crippen LogP contribution in [-0.2, 0) is 4.74 Å². The van der Waals surface area contributed by atoms with Gasteiger partial charge in [-0.05, 0) is 30.3 Å². The molecule has 1 aromatic heterocycles. The number of amides is 1. The third-order valence-electron chi connectivity index (χ3n) is 2.70. The maximum Gasteiger partial charge on any atom is 0.256 e. The summed E-state index contributed by atoms with van der Waals surface area (Å²) >= 11 is 0. The Hall–Kier alpha value is -2.61. The van der Waals surface area contributed by atoms with Gasteiger partial charge in [0, 0.05) is 19.2 Å². The number of aromatic nitrogens is 2. The summed E-state index contributed by atoms with van der Waals surface area (Å²) in [4.78, 5) is 11.9. The minimum Gasteiger partial charge on any atom is -0.383 e. The summed E-state index contributed by atoms with van der Waals surface area (Å²) in [7, 11) is 1.59. The first-order chi connectivity index (χ1) is 10.6. The fourth-order valence-electron chi connectivity index (χ4n) is 1.60. The molecule has 2 aromatic rings. The Kier molecular flexibility index (Phi) is 5.31. The highest BCUT2D eigenvalue weighted by molar-refractivity contribution is 6.03. The zero-order chi connectivity index (χ0) is 15.9. The molecule has 0 saturated carbocycles. The molecule has 0 spiro atoms. The average Bonchev–Trinajstić information content (AvgIpc) is 2.52. The van der Waals surface area contributed by atoms with Crippen molar-refractivity contribution in [1.82, 2.24) is 10.2 Å². The second-order valence-electron chi connectivity index (χ2n) is 4.31. The fraction of sp³-hybridized carbons (Fsp3) is 0.214. The van der Waals surface area contributed by atoms with Crippen LogP contribution < -0.4 is 10.6 Å². The molecule has 8 heteroatoms. The number of carbonyl (C=O) groups is 1. The summed E-state index contributed by atoms with van der Waals surface area (Å²) in [5, 5.41) is 13.1. The van der Waals surface area contributed by atoms with E-state index in [1.807, 2.05) is 0 Å². The number of carbonyl (C=O) groups excluding carboxylic acids is 1. The number of ether oxygens (including phenoxy) is 1. The number of nitrogens with one attached hydrogen (secondary N) is 2. The Bertz CT molecular complexity index is 650. The first-order valence-corrected chi connectivity index (χ1v) is 6.43. The van der Waals surface area contributed by atoms with E-state index in [1.54, 1.807) is 19.2 Å². The zero-order valence-electron chi connectivity index (χ0n) is 11.8. The molecule has 1 aromatic carbocycles. The van der Waals surface area contributed by atoms with E-state index in [0.717, 1.165) is 12.1 Å². The first kappa shape index (κ1) is 15.8. The van der Waals surface area contributed by atoms with Crippen molar-refractivity contribution < 1.29 is 18.3 Å². The van der Waals surface area contributed by atoms with E-state index >= 15 is 0 Å². The second kappa shape index (κ2) is 7.41. The summed E-state index contributed by atoms with van der Waals surface area (Å²) in [6, 6.07) is 6.06. The van der Waals surface area contributed by atoms with Gasteiger partial charge in [-0.3, -0.25) is 4.79 Å². The Balaban J connectivity index is 1.97. The summed E-state index contributed by atoms with van der Waals surface area (Å²) in [5.74, 6) is -1.97. The Morgan fingerprint density at radius 3 is 2.50 bits per heavy atom. The van der Waals surface area contributed by atoms with Gasteiger partial charge in [0.2, 0.25) is 0 Å². The van der Waals surface area contributed by atoms with E-state index in [4.69, 9.17) is 4.74 Å². The van der Waals surface area contributed by atoms with Gasteiger partial charge in [-0.15, -0.1) is 10.2 Å². The smallest absolute Gasteiger partial charge is 0.256 e. The number of hydrogen-bond donors (Lipinski definition) is 2. The average molecular weight is 308 g/mol. The van der Waals surface area contributed by atoms with Gasteiger partial charge >= 0.3 is 0 Å². The van der Waals surface area contributed by atoms with Crippen molar-refractivity contribution in [1.29, 1.82) is 0 Å². The van der Waals surface area contributed by atoms with Crippen LogP contribution in [0.5, 0.6) is 0 Å². The van der Waals surface area contributed by atoms with Crippen molar-refractivity contribution in [3.63, 3.8) is 0 Å². The minimum absolute atomic E-state index is 0.0111. The predicted octanol–water partition coefficient (Wildman–Crippen LogP) is 2.07. The molecular formula is C14H14F2N4O2. The van der Waals surface area contributed by atoms with Gasteiger partial charge in [0.1, 0.15) is 5.82 Å². The lowest BCUT2D eigenvalue weighted by molar-refractivity contribution is 0.102. The molecule has 2 N–H and O–H groups in total. The summed E-state index contributed by atoms with van der Waals surface area (Å²) in [6.07, 6.45) is 0. The molecule has 0 radical (unpaired) electrons. The number of nitrogens with zero attached hydrogens (tertiary/aromatic N) is 2. The number of halogens is 2. The molecule has 0 saturated heterocycles. The lowest BCUT2D eigenvalue weighted by Gasteiger charge is -2.06. The van der Waals surface area contributed by atoms with Crippen molar-refractivity contribution in [3.05, 3.63) is 47.5 Å². The number of hydrogen-bond acceptors (Lipinski definition) is 5. The van der Waals surface area contributed by atoms with Crippen molar-refractivity contribution in [2.75, 3.05) is 30.9 Å². The molecule has 1 amide bonds. The zero-order valence-corrected chi connectivity index (χ0v) is 11.8. The third kappa shape index (κ3) is 4.19. The molecule has 0 bridgehead atoms. The molecular weight excluding hydrogens is 294 g/mol. The monoisotopic (exact) mass is 308 g/mol. The second-order valence-corrected chi connectivity index (χ2v) is 4.31. The van der Waals surface area contributed by atoms with Gasteiger partial charge in [0.25, 0.3) is 5.91 Å². The van der Waals surface area contributed by atoms with E-state index in [1.165, 1.54) is 6.07 Å². The van der Waals surface area contributed by atoms with Crippen molar-refractivity contribution >= 4 is 17.5 Å². The predicted molar refractivity (Wildman–Crippen MR) is 76.7 cm³/mol. The van der Waals surface area contributed by atoms with Crippen LogP contribution in [0.1, 0.15) is 10.4 Å². The van der Waals surface area contributed by atoms with Gasteiger partial charge in [0.05, 0.1) is 6.61 Å². The highest BCUT2D eigenvalue weighted by Crippen LogP contribution is 2.11. The van der Waals surface area contributed by atoms with Crippen molar-refractivity contribution in [2.45, 2.75) is 0 Å². The van der Waals surface area contributed by atoms with Crippen LogP contribution >= 0.6 is 0 Å². The highest BCUT2D eigenvalue weighted by Gasteiger charge is 2.10. The van der Waals surface area contributed by atoms with Crippen LogP contribution in [0.2, 0.25) is 0 Å². The maximum absolute atomic E-state index is 13.1. The number of benzene rings is 1. The molecule has 0 atom stereocenters.